The lowest BCUT2D eigenvalue weighted by molar-refractivity contribution is -0.119. The second-order valence-corrected chi connectivity index (χ2v) is 5.88. The molecule has 0 aliphatic carbocycles. The first-order chi connectivity index (χ1) is 9.26. The van der Waals surface area contributed by atoms with Crippen LogP contribution in [0, 0.1) is 0 Å². The number of hydrogen-bond acceptors (Lipinski definition) is 4. The van der Waals surface area contributed by atoms with Gasteiger partial charge in [-0.3, -0.25) is 9.69 Å². The molecule has 0 heterocycles. The highest BCUT2D eigenvalue weighted by Gasteiger charge is 2.13. The van der Waals surface area contributed by atoms with Crippen LogP contribution in [0.25, 0.3) is 0 Å². The highest BCUT2D eigenvalue weighted by atomic mass is 16.5. The summed E-state index contributed by atoms with van der Waals surface area (Å²) in [5.41, 5.74) is 12.6. The monoisotopic (exact) mass is 279 g/mol. The predicted octanol–water partition coefficient (Wildman–Crippen LogP) is 1.37. The van der Waals surface area contributed by atoms with Gasteiger partial charge in [-0.1, -0.05) is 12.1 Å². The van der Waals surface area contributed by atoms with E-state index in [0.29, 0.717) is 25.4 Å². The molecule has 0 radical (unpaired) electrons. The molecular weight excluding hydrogens is 254 g/mol. The van der Waals surface area contributed by atoms with Gasteiger partial charge in [-0.25, -0.2) is 0 Å². The van der Waals surface area contributed by atoms with Crippen LogP contribution in [0.3, 0.4) is 0 Å². The number of benzene rings is 1. The number of nitrogen functional groups attached to an aromatic ring is 1. The number of carbonyl (C=O) groups is 1. The Morgan fingerprint density at radius 2 is 2.05 bits per heavy atom. The lowest BCUT2D eigenvalue weighted by atomic mass is 10.2. The number of rotatable bonds is 7. The molecule has 1 rings (SSSR count). The Hall–Kier alpha value is -1.59. The van der Waals surface area contributed by atoms with Crippen molar-refractivity contribution in [2.45, 2.75) is 32.9 Å². The molecule has 0 aliphatic heterocycles. The van der Waals surface area contributed by atoms with Crippen LogP contribution in [0.4, 0.5) is 5.69 Å². The van der Waals surface area contributed by atoms with Crippen LogP contribution in [0.5, 0.6) is 0 Å². The maximum absolute atomic E-state index is 11.1. The lowest BCUT2D eigenvalue weighted by Crippen LogP contribution is -2.36. The van der Waals surface area contributed by atoms with Crippen molar-refractivity contribution in [2.24, 2.45) is 5.73 Å². The van der Waals surface area contributed by atoms with Crippen molar-refractivity contribution >= 4 is 11.6 Å². The van der Waals surface area contributed by atoms with Gasteiger partial charge in [0.1, 0.15) is 0 Å². The van der Waals surface area contributed by atoms with Gasteiger partial charge < -0.3 is 16.2 Å². The van der Waals surface area contributed by atoms with Gasteiger partial charge in [0.25, 0.3) is 0 Å². The van der Waals surface area contributed by atoms with Crippen molar-refractivity contribution in [3.8, 4) is 0 Å². The minimum atomic E-state index is -0.343. The molecule has 4 N–H and O–H groups in total. The maximum Gasteiger partial charge on any atom is 0.231 e. The summed E-state index contributed by atoms with van der Waals surface area (Å²) in [4.78, 5) is 13.1. The number of carbonyl (C=O) groups excluding carboxylic acids is 1. The van der Waals surface area contributed by atoms with Gasteiger partial charge in [-0.2, -0.15) is 0 Å². The van der Waals surface area contributed by atoms with Crippen molar-refractivity contribution in [3.05, 3.63) is 29.8 Å². The minimum absolute atomic E-state index is 0.185. The summed E-state index contributed by atoms with van der Waals surface area (Å²) in [6.45, 7) is 8.05. The number of hydrogen-bond donors (Lipinski definition) is 2. The number of ether oxygens (including phenoxy) is 1. The molecule has 5 nitrogen and oxygen atoms in total. The Kier molecular flexibility index (Phi) is 5.98. The molecule has 0 aliphatic rings. The molecule has 0 fully saturated rings. The summed E-state index contributed by atoms with van der Waals surface area (Å²) in [7, 11) is 0. The van der Waals surface area contributed by atoms with E-state index in [4.69, 9.17) is 16.2 Å². The van der Waals surface area contributed by atoms with E-state index in [0.717, 1.165) is 5.56 Å². The third-order valence-electron chi connectivity index (χ3n) is 2.68. The minimum Gasteiger partial charge on any atom is -0.399 e. The van der Waals surface area contributed by atoms with Crippen molar-refractivity contribution in [3.63, 3.8) is 0 Å². The molecule has 1 aromatic carbocycles. The zero-order valence-electron chi connectivity index (χ0n) is 12.6. The first-order valence-electron chi connectivity index (χ1n) is 6.75. The zero-order valence-corrected chi connectivity index (χ0v) is 12.6. The van der Waals surface area contributed by atoms with Crippen molar-refractivity contribution in [1.82, 2.24) is 4.90 Å². The van der Waals surface area contributed by atoms with E-state index in [1.807, 2.05) is 49.9 Å². The van der Waals surface area contributed by atoms with E-state index in [1.165, 1.54) is 0 Å². The van der Waals surface area contributed by atoms with E-state index >= 15 is 0 Å². The summed E-state index contributed by atoms with van der Waals surface area (Å²) in [5, 5.41) is 0. The average molecular weight is 279 g/mol. The molecule has 0 atom stereocenters. The standard InChI is InChI=1S/C15H25N3O2/c1-15(2,3)20-8-7-18(11-14(17)19)10-12-5-4-6-13(16)9-12/h4-6,9H,7-8,10-11,16H2,1-3H3,(H2,17,19). The Labute approximate surface area is 120 Å². The normalized spacial score (nSPS) is 11.8. The van der Waals surface area contributed by atoms with Crippen LogP contribution in [0.2, 0.25) is 0 Å². The van der Waals surface area contributed by atoms with Crippen LogP contribution in [-0.4, -0.2) is 36.1 Å². The van der Waals surface area contributed by atoms with Crippen LogP contribution >= 0.6 is 0 Å². The Morgan fingerprint density at radius 3 is 2.60 bits per heavy atom. The summed E-state index contributed by atoms with van der Waals surface area (Å²) < 4.78 is 5.68. The van der Waals surface area contributed by atoms with Crippen LogP contribution in [-0.2, 0) is 16.1 Å². The van der Waals surface area contributed by atoms with E-state index in [1.54, 1.807) is 0 Å². The summed E-state index contributed by atoms with van der Waals surface area (Å²) >= 11 is 0. The molecule has 1 amide bonds. The van der Waals surface area contributed by atoms with E-state index in [-0.39, 0.29) is 18.1 Å². The third kappa shape index (κ3) is 7.11. The predicted molar refractivity (Wildman–Crippen MR) is 81.0 cm³/mol. The molecule has 0 aromatic heterocycles. The van der Waals surface area contributed by atoms with E-state index in [2.05, 4.69) is 0 Å². The molecule has 0 spiro atoms. The zero-order chi connectivity index (χ0) is 15.2. The third-order valence-corrected chi connectivity index (χ3v) is 2.68. The second-order valence-electron chi connectivity index (χ2n) is 5.88. The molecule has 0 saturated heterocycles. The van der Waals surface area contributed by atoms with E-state index < -0.39 is 0 Å². The van der Waals surface area contributed by atoms with Gasteiger partial charge >= 0.3 is 0 Å². The fourth-order valence-corrected chi connectivity index (χ4v) is 1.87. The largest absolute Gasteiger partial charge is 0.399 e. The highest BCUT2D eigenvalue weighted by molar-refractivity contribution is 5.75. The van der Waals surface area contributed by atoms with Gasteiger partial charge in [0.15, 0.2) is 0 Å². The van der Waals surface area contributed by atoms with Gasteiger partial charge in [-0.15, -0.1) is 0 Å². The molecule has 1 aromatic rings. The first kappa shape index (κ1) is 16.5. The summed E-state index contributed by atoms with van der Waals surface area (Å²) in [6, 6.07) is 7.62. The fourth-order valence-electron chi connectivity index (χ4n) is 1.87. The maximum atomic E-state index is 11.1. The quantitative estimate of drug-likeness (QED) is 0.739. The van der Waals surface area contributed by atoms with Gasteiger partial charge in [0, 0.05) is 18.8 Å². The second kappa shape index (κ2) is 7.26. The number of nitrogens with zero attached hydrogens (tertiary/aromatic N) is 1. The first-order valence-corrected chi connectivity index (χ1v) is 6.75. The molecule has 0 bridgehead atoms. The molecule has 0 unspecified atom stereocenters. The smallest absolute Gasteiger partial charge is 0.231 e. The molecule has 112 valence electrons. The van der Waals surface area contributed by atoms with Gasteiger partial charge in [0.05, 0.1) is 18.8 Å². The van der Waals surface area contributed by atoms with Gasteiger partial charge in [0.2, 0.25) is 5.91 Å². The topological polar surface area (TPSA) is 81.6 Å². The number of primary amides is 1. The fraction of sp³-hybridized carbons (Fsp3) is 0.533. The number of nitrogens with two attached hydrogens (primary N) is 2. The molecular formula is C15H25N3O2. The van der Waals surface area contributed by atoms with Crippen molar-refractivity contribution < 1.29 is 9.53 Å². The molecule has 0 saturated carbocycles. The van der Waals surface area contributed by atoms with Crippen LogP contribution in [0.1, 0.15) is 26.3 Å². The average Bonchev–Trinajstić information content (AvgIpc) is 2.26. The lowest BCUT2D eigenvalue weighted by Gasteiger charge is -2.24. The van der Waals surface area contributed by atoms with Crippen molar-refractivity contribution in [1.29, 1.82) is 0 Å². The summed E-state index contributed by atoms with van der Waals surface area (Å²) in [6.07, 6.45) is 0. The Morgan fingerprint density at radius 1 is 1.35 bits per heavy atom. The van der Waals surface area contributed by atoms with Crippen molar-refractivity contribution in [2.75, 3.05) is 25.4 Å². The SMILES string of the molecule is CC(C)(C)OCCN(CC(N)=O)Cc1cccc(N)c1. The van der Waals surface area contributed by atoms with Crippen LogP contribution in [0.15, 0.2) is 24.3 Å². The Balaban J connectivity index is 2.57. The Bertz CT molecular complexity index is 441. The van der Waals surface area contributed by atoms with E-state index in [9.17, 15) is 4.79 Å². The number of anilines is 1. The molecule has 20 heavy (non-hydrogen) atoms. The van der Waals surface area contributed by atoms with Crippen LogP contribution < -0.4 is 11.5 Å². The summed E-state index contributed by atoms with van der Waals surface area (Å²) in [5.74, 6) is -0.343. The highest BCUT2D eigenvalue weighted by Crippen LogP contribution is 2.10. The number of amides is 1. The molecule has 5 heteroatoms. The van der Waals surface area contributed by atoms with Gasteiger partial charge in [-0.05, 0) is 38.5 Å².